The Morgan fingerprint density at radius 3 is 2.67 bits per heavy atom. The molecule has 1 rings (SSSR count). The van der Waals surface area contributed by atoms with Crippen LogP contribution in [0.3, 0.4) is 0 Å². The molecule has 0 atom stereocenters. The molecule has 0 heterocycles. The molecular weight excluding hydrogens is 193 g/mol. The molecule has 0 aliphatic rings. The molecule has 1 aromatic rings. The Hall–Kier alpha value is -1.09. The van der Waals surface area contributed by atoms with Crippen LogP contribution in [0.15, 0.2) is 18.2 Å². The summed E-state index contributed by atoms with van der Waals surface area (Å²) in [5, 5.41) is 2.98. The first-order valence-corrected chi connectivity index (χ1v) is 5.18. The van der Waals surface area contributed by atoms with Crippen LogP contribution in [0.1, 0.15) is 19.4 Å². The van der Waals surface area contributed by atoms with E-state index in [9.17, 15) is 4.39 Å². The van der Waals surface area contributed by atoms with Crippen LogP contribution in [0.4, 0.5) is 4.39 Å². The molecule has 0 aromatic heterocycles. The van der Waals surface area contributed by atoms with E-state index >= 15 is 0 Å². The van der Waals surface area contributed by atoms with Crippen molar-refractivity contribution in [2.45, 2.75) is 20.4 Å². The number of ether oxygens (including phenoxy) is 1. The molecule has 3 heteroatoms. The molecule has 0 amide bonds. The Bertz CT molecular complexity index is 312. The molecule has 0 saturated carbocycles. The molecular formula is C12H18FNO. The van der Waals surface area contributed by atoms with Crippen molar-refractivity contribution < 1.29 is 9.13 Å². The van der Waals surface area contributed by atoms with E-state index in [1.807, 2.05) is 13.1 Å². The normalized spacial score (nSPS) is 10.7. The topological polar surface area (TPSA) is 21.3 Å². The summed E-state index contributed by atoms with van der Waals surface area (Å²) in [5.74, 6) is 0.802. The summed E-state index contributed by atoms with van der Waals surface area (Å²) in [4.78, 5) is 0. The van der Waals surface area contributed by atoms with E-state index in [0.717, 1.165) is 5.56 Å². The van der Waals surface area contributed by atoms with Gasteiger partial charge in [-0.25, -0.2) is 4.39 Å². The van der Waals surface area contributed by atoms with E-state index in [4.69, 9.17) is 4.74 Å². The molecule has 0 saturated heterocycles. The van der Waals surface area contributed by atoms with E-state index in [-0.39, 0.29) is 5.82 Å². The Balaban J connectivity index is 2.70. The molecule has 0 bridgehead atoms. The van der Waals surface area contributed by atoms with Gasteiger partial charge in [0.25, 0.3) is 0 Å². The summed E-state index contributed by atoms with van der Waals surface area (Å²) >= 11 is 0. The monoisotopic (exact) mass is 211 g/mol. The highest BCUT2D eigenvalue weighted by atomic mass is 19.1. The van der Waals surface area contributed by atoms with Crippen molar-refractivity contribution in [2.24, 2.45) is 5.92 Å². The van der Waals surface area contributed by atoms with Gasteiger partial charge in [0, 0.05) is 12.6 Å². The standard InChI is InChI=1S/C12H18FNO/c1-9(2)8-15-12-5-10(7-14-3)4-11(13)6-12/h4-6,9,14H,7-8H2,1-3H3. The molecule has 15 heavy (non-hydrogen) atoms. The average molecular weight is 211 g/mol. The molecule has 0 radical (unpaired) electrons. The van der Waals surface area contributed by atoms with Gasteiger partial charge >= 0.3 is 0 Å². The molecule has 0 aliphatic heterocycles. The SMILES string of the molecule is CNCc1cc(F)cc(OCC(C)C)c1. The van der Waals surface area contributed by atoms with Crippen molar-refractivity contribution in [3.8, 4) is 5.75 Å². The van der Waals surface area contributed by atoms with Crippen LogP contribution in [0.5, 0.6) is 5.75 Å². The first kappa shape index (κ1) is 12.0. The van der Waals surface area contributed by atoms with Gasteiger partial charge in [0.1, 0.15) is 11.6 Å². The minimum Gasteiger partial charge on any atom is -0.493 e. The zero-order valence-corrected chi connectivity index (χ0v) is 9.51. The maximum absolute atomic E-state index is 13.2. The molecule has 0 fully saturated rings. The second kappa shape index (κ2) is 5.71. The lowest BCUT2D eigenvalue weighted by Crippen LogP contribution is -2.07. The van der Waals surface area contributed by atoms with Crippen molar-refractivity contribution >= 4 is 0 Å². The van der Waals surface area contributed by atoms with Gasteiger partial charge in [-0.15, -0.1) is 0 Å². The third-order valence-corrected chi connectivity index (χ3v) is 1.90. The smallest absolute Gasteiger partial charge is 0.127 e. The van der Waals surface area contributed by atoms with Gasteiger partial charge in [-0.05, 0) is 30.7 Å². The summed E-state index contributed by atoms with van der Waals surface area (Å²) in [6.45, 7) is 5.39. The second-order valence-corrected chi connectivity index (χ2v) is 4.03. The maximum Gasteiger partial charge on any atom is 0.127 e. The first-order chi connectivity index (χ1) is 7.11. The zero-order chi connectivity index (χ0) is 11.3. The summed E-state index contributed by atoms with van der Waals surface area (Å²) in [6.07, 6.45) is 0. The van der Waals surface area contributed by atoms with Crippen molar-refractivity contribution in [2.75, 3.05) is 13.7 Å². The number of rotatable bonds is 5. The van der Waals surface area contributed by atoms with Gasteiger partial charge in [-0.1, -0.05) is 13.8 Å². The van der Waals surface area contributed by atoms with Gasteiger partial charge in [-0.2, -0.15) is 0 Å². The molecule has 1 aromatic carbocycles. The number of hydrogen-bond donors (Lipinski definition) is 1. The second-order valence-electron chi connectivity index (χ2n) is 4.03. The number of halogens is 1. The fraction of sp³-hybridized carbons (Fsp3) is 0.500. The van der Waals surface area contributed by atoms with Gasteiger partial charge in [0.2, 0.25) is 0 Å². The fourth-order valence-corrected chi connectivity index (χ4v) is 1.27. The van der Waals surface area contributed by atoms with Crippen molar-refractivity contribution in [1.82, 2.24) is 5.32 Å². The van der Waals surface area contributed by atoms with E-state index in [1.165, 1.54) is 12.1 Å². The van der Waals surface area contributed by atoms with Gasteiger partial charge in [0.15, 0.2) is 0 Å². The summed E-state index contributed by atoms with van der Waals surface area (Å²) < 4.78 is 18.6. The minimum absolute atomic E-state index is 0.249. The molecule has 0 aliphatic carbocycles. The van der Waals surface area contributed by atoms with E-state index in [1.54, 1.807) is 0 Å². The van der Waals surface area contributed by atoms with Crippen LogP contribution < -0.4 is 10.1 Å². The lowest BCUT2D eigenvalue weighted by atomic mass is 10.2. The predicted molar refractivity (Wildman–Crippen MR) is 59.5 cm³/mol. The Labute approximate surface area is 90.4 Å². The third kappa shape index (κ3) is 4.30. The number of nitrogens with one attached hydrogen (secondary N) is 1. The van der Waals surface area contributed by atoms with Crippen LogP contribution in [-0.2, 0) is 6.54 Å². The zero-order valence-electron chi connectivity index (χ0n) is 9.51. The fourth-order valence-electron chi connectivity index (χ4n) is 1.27. The number of benzene rings is 1. The van der Waals surface area contributed by atoms with Gasteiger partial charge in [-0.3, -0.25) is 0 Å². The van der Waals surface area contributed by atoms with Crippen LogP contribution in [0, 0.1) is 11.7 Å². The van der Waals surface area contributed by atoms with Crippen molar-refractivity contribution in [3.63, 3.8) is 0 Å². The highest BCUT2D eigenvalue weighted by Gasteiger charge is 2.02. The average Bonchev–Trinajstić information content (AvgIpc) is 2.14. The number of hydrogen-bond acceptors (Lipinski definition) is 2. The van der Waals surface area contributed by atoms with Gasteiger partial charge < -0.3 is 10.1 Å². The molecule has 2 nitrogen and oxygen atoms in total. The van der Waals surface area contributed by atoms with Crippen LogP contribution in [0.25, 0.3) is 0 Å². The Kier molecular flexibility index (Phi) is 4.56. The minimum atomic E-state index is -0.249. The lowest BCUT2D eigenvalue weighted by Gasteiger charge is -2.10. The summed E-state index contributed by atoms with van der Waals surface area (Å²) in [5.41, 5.74) is 0.899. The molecule has 0 unspecified atom stereocenters. The largest absolute Gasteiger partial charge is 0.493 e. The molecule has 84 valence electrons. The summed E-state index contributed by atoms with van der Waals surface area (Å²) in [7, 11) is 1.83. The van der Waals surface area contributed by atoms with Crippen molar-refractivity contribution in [3.05, 3.63) is 29.6 Å². The van der Waals surface area contributed by atoms with Crippen LogP contribution in [0.2, 0.25) is 0 Å². The van der Waals surface area contributed by atoms with Crippen LogP contribution in [-0.4, -0.2) is 13.7 Å². The molecule has 0 spiro atoms. The maximum atomic E-state index is 13.2. The van der Waals surface area contributed by atoms with Gasteiger partial charge in [0.05, 0.1) is 6.61 Å². The van der Waals surface area contributed by atoms with Crippen LogP contribution >= 0.6 is 0 Å². The lowest BCUT2D eigenvalue weighted by molar-refractivity contribution is 0.269. The Morgan fingerprint density at radius 2 is 2.07 bits per heavy atom. The third-order valence-electron chi connectivity index (χ3n) is 1.90. The quantitative estimate of drug-likeness (QED) is 0.808. The van der Waals surface area contributed by atoms with E-state index < -0.39 is 0 Å². The predicted octanol–water partition coefficient (Wildman–Crippen LogP) is 2.58. The van der Waals surface area contributed by atoms with Crippen molar-refractivity contribution in [1.29, 1.82) is 0 Å². The summed E-state index contributed by atoms with van der Waals surface area (Å²) in [6, 6.07) is 4.79. The molecule has 1 N–H and O–H groups in total. The Morgan fingerprint density at radius 1 is 1.33 bits per heavy atom. The van der Waals surface area contributed by atoms with E-state index in [2.05, 4.69) is 19.2 Å². The van der Waals surface area contributed by atoms with E-state index in [0.29, 0.717) is 24.8 Å². The first-order valence-electron chi connectivity index (χ1n) is 5.18. The highest BCUT2D eigenvalue weighted by molar-refractivity contribution is 5.29. The highest BCUT2D eigenvalue weighted by Crippen LogP contribution is 2.17.